The minimum Gasteiger partial charge on any atom is -0.378 e. The number of morpholine rings is 1. The first kappa shape index (κ1) is 13.1. The van der Waals surface area contributed by atoms with E-state index >= 15 is 0 Å². The molecule has 3 heterocycles. The first-order chi connectivity index (χ1) is 9.81. The number of aromatic nitrogens is 3. The van der Waals surface area contributed by atoms with E-state index in [2.05, 4.69) is 25.2 Å². The zero-order valence-corrected chi connectivity index (χ0v) is 11.5. The van der Waals surface area contributed by atoms with Gasteiger partial charge in [-0.1, -0.05) is 11.6 Å². The van der Waals surface area contributed by atoms with Gasteiger partial charge in [0, 0.05) is 37.2 Å². The molecule has 7 heteroatoms. The molecule has 0 unspecified atom stereocenters. The maximum atomic E-state index is 6.07. The van der Waals surface area contributed by atoms with Crippen molar-refractivity contribution in [2.24, 2.45) is 0 Å². The number of hydrogen-bond donors (Lipinski definition) is 1. The monoisotopic (exact) mass is 291 g/mol. The van der Waals surface area contributed by atoms with Crippen LogP contribution in [0.5, 0.6) is 0 Å². The van der Waals surface area contributed by atoms with Crippen LogP contribution in [0.25, 0.3) is 0 Å². The number of hydrogen-bond acceptors (Lipinski definition) is 6. The van der Waals surface area contributed by atoms with Gasteiger partial charge < -0.3 is 15.0 Å². The molecule has 104 valence electrons. The fourth-order valence-corrected chi connectivity index (χ4v) is 2.16. The number of ether oxygens (including phenoxy) is 1. The van der Waals surface area contributed by atoms with E-state index < -0.39 is 0 Å². The summed E-state index contributed by atoms with van der Waals surface area (Å²) in [5.74, 6) is 1.29. The van der Waals surface area contributed by atoms with Crippen LogP contribution in [-0.2, 0) is 4.74 Å². The topological polar surface area (TPSA) is 63.2 Å². The summed E-state index contributed by atoms with van der Waals surface area (Å²) in [4.78, 5) is 14.8. The Kier molecular flexibility index (Phi) is 3.94. The van der Waals surface area contributed by atoms with E-state index in [0.717, 1.165) is 24.6 Å². The Hall–Kier alpha value is -1.92. The lowest BCUT2D eigenvalue weighted by atomic mass is 10.4. The van der Waals surface area contributed by atoms with Crippen molar-refractivity contribution in [3.63, 3.8) is 0 Å². The van der Waals surface area contributed by atoms with Crippen LogP contribution in [0, 0.1) is 0 Å². The molecule has 2 aromatic heterocycles. The van der Waals surface area contributed by atoms with E-state index in [1.165, 1.54) is 0 Å². The molecule has 0 bridgehead atoms. The quantitative estimate of drug-likeness (QED) is 0.874. The number of nitrogens with one attached hydrogen (secondary N) is 1. The number of nitrogens with zero attached hydrogens (tertiary/aromatic N) is 4. The van der Waals surface area contributed by atoms with Crippen LogP contribution >= 0.6 is 11.6 Å². The van der Waals surface area contributed by atoms with Gasteiger partial charge in [-0.2, -0.15) is 4.98 Å². The third-order valence-corrected chi connectivity index (χ3v) is 3.15. The van der Waals surface area contributed by atoms with Gasteiger partial charge in [0.15, 0.2) is 0 Å². The summed E-state index contributed by atoms with van der Waals surface area (Å²) in [7, 11) is 0. The van der Waals surface area contributed by atoms with E-state index in [0.29, 0.717) is 24.3 Å². The van der Waals surface area contributed by atoms with Crippen molar-refractivity contribution in [2.75, 3.05) is 36.5 Å². The van der Waals surface area contributed by atoms with Gasteiger partial charge in [-0.3, -0.25) is 4.98 Å². The molecular weight excluding hydrogens is 278 g/mol. The zero-order chi connectivity index (χ0) is 13.8. The highest BCUT2D eigenvalue weighted by Crippen LogP contribution is 2.21. The van der Waals surface area contributed by atoms with Crippen LogP contribution in [0.15, 0.2) is 30.6 Å². The van der Waals surface area contributed by atoms with Gasteiger partial charge >= 0.3 is 0 Å². The van der Waals surface area contributed by atoms with Crippen LogP contribution in [-0.4, -0.2) is 41.3 Å². The zero-order valence-electron chi connectivity index (χ0n) is 10.8. The number of pyridine rings is 1. The molecule has 1 fully saturated rings. The van der Waals surface area contributed by atoms with Gasteiger partial charge in [-0.15, -0.1) is 0 Å². The van der Waals surface area contributed by atoms with Crippen molar-refractivity contribution in [3.05, 3.63) is 35.7 Å². The second-order valence-corrected chi connectivity index (χ2v) is 4.72. The van der Waals surface area contributed by atoms with Crippen LogP contribution in [0.4, 0.5) is 17.5 Å². The van der Waals surface area contributed by atoms with E-state index in [-0.39, 0.29) is 0 Å². The molecule has 0 radical (unpaired) electrons. The highest BCUT2D eigenvalue weighted by Gasteiger charge is 2.14. The van der Waals surface area contributed by atoms with Gasteiger partial charge in [0.2, 0.25) is 5.95 Å². The van der Waals surface area contributed by atoms with Gasteiger partial charge in [-0.05, 0) is 12.1 Å². The van der Waals surface area contributed by atoms with Gasteiger partial charge in [0.25, 0.3) is 0 Å². The van der Waals surface area contributed by atoms with E-state index in [1.807, 2.05) is 12.1 Å². The van der Waals surface area contributed by atoms with Crippen LogP contribution in [0.1, 0.15) is 0 Å². The summed E-state index contributed by atoms with van der Waals surface area (Å²) < 4.78 is 5.34. The molecule has 0 saturated carbocycles. The summed E-state index contributed by atoms with van der Waals surface area (Å²) in [5, 5.41) is 3.53. The van der Waals surface area contributed by atoms with Crippen molar-refractivity contribution in [1.29, 1.82) is 0 Å². The third-order valence-electron chi connectivity index (χ3n) is 2.95. The molecule has 0 aliphatic carbocycles. The van der Waals surface area contributed by atoms with Crippen LogP contribution in [0.3, 0.4) is 0 Å². The molecule has 6 nitrogen and oxygen atoms in total. The molecule has 2 aromatic rings. The normalized spacial score (nSPS) is 15.2. The summed E-state index contributed by atoms with van der Waals surface area (Å²) in [6.07, 6.45) is 3.41. The predicted molar refractivity (Wildman–Crippen MR) is 77.6 cm³/mol. The molecule has 1 saturated heterocycles. The number of anilines is 3. The van der Waals surface area contributed by atoms with Crippen molar-refractivity contribution in [1.82, 2.24) is 15.0 Å². The predicted octanol–water partition coefficient (Wildman–Crippen LogP) is 2.11. The van der Waals surface area contributed by atoms with E-state index in [9.17, 15) is 0 Å². The Labute approximate surface area is 121 Å². The molecule has 0 atom stereocenters. The molecule has 20 heavy (non-hydrogen) atoms. The average Bonchev–Trinajstić information content (AvgIpc) is 2.49. The van der Waals surface area contributed by atoms with Crippen LogP contribution < -0.4 is 10.2 Å². The van der Waals surface area contributed by atoms with Gasteiger partial charge in [0.1, 0.15) is 11.0 Å². The fourth-order valence-electron chi connectivity index (χ4n) is 1.98. The van der Waals surface area contributed by atoms with Gasteiger partial charge in [-0.25, -0.2) is 4.98 Å². The van der Waals surface area contributed by atoms with Crippen molar-refractivity contribution in [2.45, 2.75) is 0 Å². The Bertz CT molecular complexity index is 574. The molecule has 0 spiro atoms. The van der Waals surface area contributed by atoms with Crippen molar-refractivity contribution >= 4 is 29.1 Å². The smallest absolute Gasteiger partial charge is 0.230 e. The Morgan fingerprint density at radius 3 is 2.65 bits per heavy atom. The maximum absolute atomic E-state index is 6.07. The number of rotatable bonds is 3. The Morgan fingerprint density at radius 2 is 1.90 bits per heavy atom. The molecular formula is C13H14ClN5O. The summed E-state index contributed by atoms with van der Waals surface area (Å²) in [6.45, 7) is 3.02. The van der Waals surface area contributed by atoms with Gasteiger partial charge in [0.05, 0.1) is 13.2 Å². The van der Waals surface area contributed by atoms with Crippen LogP contribution in [0.2, 0.25) is 5.15 Å². The largest absolute Gasteiger partial charge is 0.378 e. The lowest BCUT2D eigenvalue weighted by Gasteiger charge is -2.28. The highest BCUT2D eigenvalue weighted by molar-refractivity contribution is 6.29. The summed E-state index contributed by atoms with van der Waals surface area (Å²) in [5.41, 5.74) is 0.871. The van der Waals surface area contributed by atoms with Crippen molar-refractivity contribution < 1.29 is 4.74 Å². The minimum absolute atomic E-state index is 0.415. The lowest BCUT2D eigenvalue weighted by molar-refractivity contribution is 0.122. The first-order valence-corrected chi connectivity index (χ1v) is 6.73. The second kappa shape index (κ2) is 6.02. The SMILES string of the molecule is Clc1cc(N2CCOCC2)nc(Nc2ccncc2)n1. The molecule has 1 aliphatic heterocycles. The Morgan fingerprint density at radius 1 is 1.15 bits per heavy atom. The molecule has 1 aliphatic rings. The first-order valence-electron chi connectivity index (χ1n) is 6.35. The molecule has 0 amide bonds. The molecule has 1 N–H and O–H groups in total. The highest BCUT2D eigenvalue weighted by atomic mass is 35.5. The van der Waals surface area contributed by atoms with Crippen molar-refractivity contribution in [3.8, 4) is 0 Å². The second-order valence-electron chi connectivity index (χ2n) is 4.33. The fraction of sp³-hybridized carbons (Fsp3) is 0.308. The summed E-state index contributed by atoms with van der Waals surface area (Å²) in [6, 6.07) is 5.46. The number of halogens is 1. The summed E-state index contributed by atoms with van der Waals surface area (Å²) >= 11 is 6.07. The Balaban J connectivity index is 1.82. The molecule has 3 rings (SSSR count). The third kappa shape index (κ3) is 3.15. The van der Waals surface area contributed by atoms with E-state index in [1.54, 1.807) is 18.5 Å². The lowest BCUT2D eigenvalue weighted by Crippen LogP contribution is -2.36. The standard InChI is InChI=1S/C13H14ClN5O/c14-11-9-12(19-5-7-20-8-6-19)18-13(17-11)16-10-1-3-15-4-2-10/h1-4,9H,5-8H2,(H,15,16,17,18). The average molecular weight is 292 g/mol. The van der Waals surface area contributed by atoms with E-state index in [4.69, 9.17) is 16.3 Å². The molecule has 0 aromatic carbocycles. The maximum Gasteiger partial charge on any atom is 0.230 e. The minimum atomic E-state index is 0.415.